The monoisotopic (exact) mass is 299 g/mol. The van der Waals surface area contributed by atoms with Gasteiger partial charge >= 0.3 is 5.97 Å². The molecule has 4 nitrogen and oxygen atoms in total. The van der Waals surface area contributed by atoms with Crippen molar-refractivity contribution in [2.45, 2.75) is 6.92 Å². The Kier molecular flexibility index (Phi) is 3.83. The first-order valence-electron chi connectivity index (χ1n) is 6.56. The summed E-state index contributed by atoms with van der Waals surface area (Å²) >= 11 is 1.48. The predicted molar refractivity (Wildman–Crippen MR) is 82.5 cm³/mol. The molecule has 0 radical (unpaired) electrons. The van der Waals surface area contributed by atoms with Gasteiger partial charge in [-0.05, 0) is 30.5 Å². The summed E-state index contributed by atoms with van der Waals surface area (Å²) in [5.41, 5.74) is 1.09. The molecule has 0 saturated carbocycles. The highest BCUT2D eigenvalue weighted by molar-refractivity contribution is 7.12. The Labute approximate surface area is 126 Å². The fraction of sp³-hybridized carbons (Fsp3) is 0.125. The molecule has 21 heavy (non-hydrogen) atoms. The Morgan fingerprint density at radius 3 is 2.90 bits per heavy atom. The van der Waals surface area contributed by atoms with E-state index in [-0.39, 0.29) is 5.70 Å². The van der Waals surface area contributed by atoms with E-state index in [0.29, 0.717) is 12.5 Å². The highest BCUT2D eigenvalue weighted by atomic mass is 32.1. The van der Waals surface area contributed by atoms with Crippen LogP contribution in [0.25, 0.3) is 6.08 Å². The number of hydrogen-bond donors (Lipinski definition) is 0. The van der Waals surface area contributed by atoms with Crippen LogP contribution >= 0.6 is 11.3 Å². The van der Waals surface area contributed by atoms with E-state index in [4.69, 9.17) is 9.47 Å². The molecule has 0 spiro atoms. The minimum atomic E-state index is -0.440. The molecule has 1 aromatic carbocycles. The second kappa shape index (κ2) is 5.93. The van der Waals surface area contributed by atoms with Gasteiger partial charge in [0, 0.05) is 5.56 Å². The van der Waals surface area contributed by atoms with E-state index in [1.54, 1.807) is 6.08 Å². The average molecular weight is 299 g/mol. The third kappa shape index (κ3) is 2.87. The zero-order valence-corrected chi connectivity index (χ0v) is 12.2. The van der Waals surface area contributed by atoms with Gasteiger partial charge in [-0.3, -0.25) is 0 Å². The molecule has 1 aliphatic rings. The van der Waals surface area contributed by atoms with Gasteiger partial charge in [0.2, 0.25) is 5.90 Å². The van der Waals surface area contributed by atoms with Crippen molar-refractivity contribution in [3.05, 3.63) is 57.9 Å². The number of carbonyl (C=O) groups excluding carboxylic acids is 1. The fourth-order valence-electron chi connectivity index (χ4n) is 1.95. The normalized spacial score (nSPS) is 16.0. The summed E-state index contributed by atoms with van der Waals surface area (Å²) in [7, 11) is 0. The maximum atomic E-state index is 11.9. The molecule has 0 bridgehead atoms. The first-order chi connectivity index (χ1) is 10.3. The van der Waals surface area contributed by atoms with Crippen molar-refractivity contribution in [1.29, 1.82) is 0 Å². The SMILES string of the molecule is CCOc1ccccc1/C=C1\N=C(c2cccs2)OC1=O. The Balaban J connectivity index is 1.95. The summed E-state index contributed by atoms with van der Waals surface area (Å²) in [5.74, 6) is 0.639. The molecule has 2 heterocycles. The number of para-hydroxylation sites is 1. The number of benzene rings is 1. The lowest BCUT2D eigenvalue weighted by molar-refractivity contribution is -0.129. The minimum absolute atomic E-state index is 0.283. The smallest absolute Gasteiger partial charge is 0.363 e. The largest absolute Gasteiger partial charge is 0.493 e. The molecule has 1 aromatic heterocycles. The zero-order chi connectivity index (χ0) is 14.7. The van der Waals surface area contributed by atoms with Crippen molar-refractivity contribution < 1.29 is 14.3 Å². The van der Waals surface area contributed by atoms with Gasteiger partial charge in [0.1, 0.15) is 5.75 Å². The van der Waals surface area contributed by atoms with Crippen LogP contribution in [0.4, 0.5) is 0 Å². The Morgan fingerprint density at radius 2 is 2.14 bits per heavy atom. The number of hydrogen-bond acceptors (Lipinski definition) is 5. The van der Waals surface area contributed by atoms with Gasteiger partial charge in [0.05, 0.1) is 11.5 Å². The first kappa shape index (κ1) is 13.6. The summed E-state index contributed by atoms with van der Waals surface area (Å²) in [6.07, 6.45) is 1.69. The number of thiophene rings is 1. The summed E-state index contributed by atoms with van der Waals surface area (Å²) in [6.45, 7) is 2.48. The van der Waals surface area contributed by atoms with Crippen LogP contribution in [-0.2, 0) is 9.53 Å². The van der Waals surface area contributed by atoms with Crippen molar-refractivity contribution in [1.82, 2.24) is 0 Å². The van der Waals surface area contributed by atoms with Gasteiger partial charge < -0.3 is 9.47 Å². The van der Waals surface area contributed by atoms with E-state index in [1.165, 1.54) is 11.3 Å². The average Bonchev–Trinajstić information content (AvgIpc) is 3.12. The van der Waals surface area contributed by atoms with Crippen molar-refractivity contribution in [3.8, 4) is 5.75 Å². The lowest BCUT2D eigenvalue weighted by Gasteiger charge is -2.06. The molecule has 0 amide bonds. The van der Waals surface area contributed by atoms with E-state index in [1.807, 2.05) is 48.7 Å². The van der Waals surface area contributed by atoms with Crippen LogP contribution in [0.5, 0.6) is 5.75 Å². The van der Waals surface area contributed by atoms with E-state index < -0.39 is 5.97 Å². The van der Waals surface area contributed by atoms with Crippen LogP contribution < -0.4 is 4.74 Å². The number of carbonyl (C=O) groups is 1. The Bertz CT molecular complexity index is 717. The molecule has 106 valence electrons. The van der Waals surface area contributed by atoms with Crippen molar-refractivity contribution in [2.75, 3.05) is 6.61 Å². The molecule has 5 heteroatoms. The number of ether oxygens (including phenoxy) is 2. The predicted octanol–water partition coefficient (Wildman–Crippen LogP) is 3.49. The molecular weight excluding hydrogens is 286 g/mol. The van der Waals surface area contributed by atoms with Crippen molar-refractivity contribution >= 4 is 29.3 Å². The van der Waals surface area contributed by atoms with Crippen molar-refractivity contribution in [3.63, 3.8) is 0 Å². The molecule has 0 aliphatic carbocycles. The first-order valence-corrected chi connectivity index (χ1v) is 7.44. The molecule has 0 saturated heterocycles. The summed E-state index contributed by atoms with van der Waals surface area (Å²) < 4.78 is 10.7. The molecule has 0 N–H and O–H groups in total. The molecule has 2 aromatic rings. The highest BCUT2D eigenvalue weighted by Crippen LogP contribution is 2.25. The minimum Gasteiger partial charge on any atom is -0.493 e. The highest BCUT2D eigenvalue weighted by Gasteiger charge is 2.24. The van der Waals surface area contributed by atoms with Gasteiger partial charge in [0.15, 0.2) is 5.70 Å². The number of cyclic esters (lactones) is 1. The van der Waals surface area contributed by atoms with E-state index in [0.717, 1.165) is 16.2 Å². The second-order valence-electron chi connectivity index (χ2n) is 4.28. The third-order valence-electron chi connectivity index (χ3n) is 2.86. The third-order valence-corrected chi connectivity index (χ3v) is 3.72. The van der Waals surface area contributed by atoms with Crippen LogP contribution in [-0.4, -0.2) is 18.5 Å². The maximum absolute atomic E-state index is 11.9. The van der Waals surface area contributed by atoms with Gasteiger partial charge in [-0.1, -0.05) is 24.3 Å². The second-order valence-corrected chi connectivity index (χ2v) is 5.23. The fourth-order valence-corrected chi connectivity index (χ4v) is 2.60. The van der Waals surface area contributed by atoms with Crippen LogP contribution in [0.15, 0.2) is 52.5 Å². The zero-order valence-electron chi connectivity index (χ0n) is 11.4. The number of esters is 1. The molecule has 1 aliphatic heterocycles. The van der Waals surface area contributed by atoms with E-state index in [2.05, 4.69) is 4.99 Å². The number of rotatable bonds is 4. The van der Waals surface area contributed by atoms with E-state index >= 15 is 0 Å². The molecule has 3 rings (SSSR count). The van der Waals surface area contributed by atoms with Gasteiger partial charge in [-0.15, -0.1) is 11.3 Å². The maximum Gasteiger partial charge on any atom is 0.363 e. The molecule has 0 fully saturated rings. The van der Waals surface area contributed by atoms with Gasteiger partial charge in [0.25, 0.3) is 0 Å². The molecular formula is C16H13NO3S. The Morgan fingerprint density at radius 1 is 1.29 bits per heavy atom. The summed E-state index contributed by atoms with van der Waals surface area (Å²) in [4.78, 5) is 17.0. The molecule has 0 unspecified atom stereocenters. The van der Waals surface area contributed by atoms with Crippen LogP contribution in [0.3, 0.4) is 0 Å². The van der Waals surface area contributed by atoms with E-state index in [9.17, 15) is 4.79 Å². The lowest BCUT2D eigenvalue weighted by Crippen LogP contribution is -2.03. The van der Waals surface area contributed by atoms with Crippen LogP contribution in [0, 0.1) is 0 Å². The van der Waals surface area contributed by atoms with Gasteiger partial charge in [-0.25, -0.2) is 9.79 Å². The Hall–Kier alpha value is -2.40. The summed E-state index contributed by atoms with van der Waals surface area (Å²) in [6, 6.07) is 11.3. The number of nitrogens with zero attached hydrogens (tertiary/aromatic N) is 1. The van der Waals surface area contributed by atoms with Gasteiger partial charge in [-0.2, -0.15) is 0 Å². The van der Waals surface area contributed by atoms with Crippen molar-refractivity contribution in [2.24, 2.45) is 4.99 Å². The topological polar surface area (TPSA) is 47.9 Å². The molecule has 0 atom stereocenters. The lowest BCUT2D eigenvalue weighted by atomic mass is 10.1. The van der Waals surface area contributed by atoms with Crippen LogP contribution in [0.2, 0.25) is 0 Å². The standard InChI is InChI=1S/C16H13NO3S/c1-2-19-13-7-4-3-6-11(13)10-12-16(18)20-15(17-12)14-8-5-9-21-14/h3-10H,2H2,1H3/b12-10-. The quantitative estimate of drug-likeness (QED) is 0.641. The number of aliphatic imine (C=N–C) groups is 1. The summed E-state index contributed by atoms with van der Waals surface area (Å²) in [5, 5.41) is 1.91. The van der Waals surface area contributed by atoms with Crippen LogP contribution in [0.1, 0.15) is 17.4 Å².